The van der Waals surface area contributed by atoms with E-state index in [9.17, 15) is 4.79 Å². The Morgan fingerprint density at radius 1 is 1.65 bits per heavy atom. The molecule has 92 valence electrons. The molecule has 1 heterocycles. The largest absolute Gasteiger partial charge is 0.393 e. The van der Waals surface area contributed by atoms with Crippen molar-refractivity contribution in [2.75, 3.05) is 7.05 Å². The maximum Gasteiger partial charge on any atom is 0.272 e. The molecule has 0 aliphatic heterocycles. The Morgan fingerprint density at radius 2 is 2.29 bits per heavy atom. The van der Waals surface area contributed by atoms with E-state index in [-0.39, 0.29) is 11.9 Å². The lowest BCUT2D eigenvalue weighted by Crippen LogP contribution is -2.37. The molecule has 1 unspecified atom stereocenters. The van der Waals surface area contributed by atoms with Crippen LogP contribution in [0.4, 0.5) is 0 Å². The zero-order chi connectivity index (χ0) is 13.0. The molecule has 0 spiro atoms. The van der Waals surface area contributed by atoms with Crippen molar-refractivity contribution < 1.29 is 4.79 Å². The number of amides is 1. The van der Waals surface area contributed by atoms with Gasteiger partial charge >= 0.3 is 0 Å². The van der Waals surface area contributed by atoms with Crippen molar-refractivity contribution in [2.45, 2.75) is 19.4 Å². The summed E-state index contributed by atoms with van der Waals surface area (Å²) in [6.45, 7) is 1.88. The van der Waals surface area contributed by atoms with Gasteiger partial charge in [0.25, 0.3) is 5.91 Å². The summed E-state index contributed by atoms with van der Waals surface area (Å²) in [5.41, 5.74) is 5.80. The van der Waals surface area contributed by atoms with Gasteiger partial charge in [0.15, 0.2) is 0 Å². The van der Waals surface area contributed by atoms with Gasteiger partial charge in [0, 0.05) is 25.7 Å². The summed E-state index contributed by atoms with van der Waals surface area (Å²) in [6.07, 6.45) is 1.94. The highest BCUT2D eigenvalue weighted by Gasteiger charge is 2.18. The normalized spacial score (nSPS) is 11.9. The summed E-state index contributed by atoms with van der Waals surface area (Å²) in [5.74, 6) is -0.176. The van der Waals surface area contributed by atoms with Crippen molar-refractivity contribution in [3.63, 3.8) is 0 Å². The van der Waals surface area contributed by atoms with Crippen LogP contribution >= 0.6 is 23.8 Å². The van der Waals surface area contributed by atoms with Gasteiger partial charge in [-0.05, 0) is 19.1 Å². The van der Waals surface area contributed by atoms with E-state index in [0.29, 0.717) is 22.1 Å². The van der Waals surface area contributed by atoms with Crippen molar-refractivity contribution in [3.05, 3.63) is 29.0 Å². The van der Waals surface area contributed by atoms with Crippen molar-refractivity contribution in [1.82, 2.24) is 9.88 Å². The van der Waals surface area contributed by atoms with Gasteiger partial charge in [-0.2, -0.15) is 0 Å². The van der Waals surface area contributed by atoms with Crippen LogP contribution in [0.1, 0.15) is 23.8 Å². The van der Waals surface area contributed by atoms with Gasteiger partial charge < -0.3 is 10.6 Å². The van der Waals surface area contributed by atoms with E-state index >= 15 is 0 Å². The van der Waals surface area contributed by atoms with Crippen molar-refractivity contribution >= 4 is 34.7 Å². The average Bonchev–Trinajstić information content (AvgIpc) is 2.27. The number of aromatic nitrogens is 1. The van der Waals surface area contributed by atoms with Crippen LogP contribution in [0.15, 0.2) is 18.3 Å². The summed E-state index contributed by atoms with van der Waals surface area (Å²) in [5, 5.41) is 0.500. The van der Waals surface area contributed by atoms with Gasteiger partial charge in [-0.1, -0.05) is 23.8 Å². The molecule has 17 heavy (non-hydrogen) atoms. The number of rotatable bonds is 4. The quantitative estimate of drug-likeness (QED) is 0.850. The first-order chi connectivity index (χ1) is 7.91. The smallest absolute Gasteiger partial charge is 0.272 e. The topological polar surface area (TPSA) is 59.2 Å². The van der Waals surface area contributed by atoms with Crippen LogP contribution in [0, 0.1) is 0 Å². The SMILES string of the molecule is CC(CC(N)=S)N(C)C(=O)c1ccc(Cl)cn1. The number of hydrogen-bond donors (Lipinski definition) is 1. The van der Waals surface area contributed by atoms with E-state index in [1.807, 2.05) is 6.92 Å². The molecule has 0 saturated heterocycles. The second kappa shape index (κ2) is 5.93. The third-order valence-corrected chi connectivity index (χ3v) is 2.81. The number of carbonyl (C=O) groups excluding carboxylic acids is 1. The molecule has 0 saturated carbocycles. The third kappa shape index (κ3) is 3.94. The molecule has 0 bridgehead atoms. The van der Waals surface area contributed by atoms with E-state index in [0.717, 1.165) is 0 Å². The number of thiocarbonyl (C=S) groups is 1. The molecule has 4 nitrogen and oxygen atoms in total. The van der Waals surface area contributed by atoms with Gasteiger partial charge in [-0.3, -0.25) is 4.79 Å². The summed E-state index contributed by atoms with van der Waals surface area (Å²) in [4.78, 5) is 17.9. The Hall–Kier alpha value is -1.20. The minimum absolute atomic E-state index is 0.0579. The lowest BCUT2D eigenvalue weighted by molar-refractivity contribution is 0.0742. The van der Waals surface area contributed by atoms with Crippen LogP contribution in [0.25, 0.3) is 0 Å². The molecule has 1 rings (SSSR count). The number of nitrogens with zero attached hydrogens (tertiary/aromatic N) is 2. The van der Waals surface area contributed by atoms with Crippen LogP contribution in [0.3, 0.4) is 0 Å². The first-order valence-electron chi connectivity index (χ1n) is 5.09. The maximum absolute atomic E-state index is 12.0. The van der Waals surface area contributed by atoms with E-state index in [4.69, 9.17) is 29.6 Å². The van der Waals surface area contributed by atoms with Crippen LogP contribution in [0.2, 0.25) is 5.02 Å². The lowest BCUT2D eigenvalue weighted by Gasteiger charge is -2.24. The molecule has 0 aliphatic rings. The Balaban J connectivity index is 2.75. The minimum Gasteiger partial charge on any atom is -0.393 e. The average molecular weight is 272 g/mol. The summed E-state index contributed by atoms with van der Waals surface area (Å²) >= 11 is 10.5. The van der Waals surface area contributed by atoms with Gasteiger partial charge in [-0.25, -0.2) is 4.98 Å². The molecule has 1 atom stereocenters. The zero-order valence-corrected chi connectivity index (χ0v) is 11.3. The summed E-state index contributed by atoms with van der Waals surface area (Å²) in [7, 11) is 1.70. The van der Waals surface area contributed by atoms with Gasteiger partial charge in [0.1, 0.15) is 5.69 Å². The fourth-order valence-corrected chi connectivity index (χ4v) is 1.66. The molecule has 1 aromatic rings. The summed E-state index contributed by atoms with van der Waals surface area (Å²) in [6, 6.07) is 3.17. The van der Waals surface area contributed by atoms with Gasteiger partial charge in [0.2, 0.25) is 0 Å². The number of pyridine rings is 1. The highest BCUT2D eigenvalue weighted by atomic mass is 35.5. The molecule has 0 aromatic carbocycles. The van der Waals surface area contributed by atoms with E-state index < -0.39 is 0 Å². The van der Waals surface area contributed by atoms with Crippen molar-refractivity contribution in [3.8, 4) is 0 Å². The maximum atomic E-state index is 12.0. The molecule has 2 N–H and O–H groups in total. The lowest BCUT2D eigenvalue weighted by atomic mass is 10.2. The van der Waals surface area contributed by atoms with Crippen LogP contribution in [0.5, 0.6) is 0 Å². The molecule has 1 amide bonds. The standard InChI is InChI=1S/C11H14ClN3OS/c1-7(5-10(13)17)15(2)11(16)9-4-3-8(12)6-14-9/h3-4,6-7H,5H2,1-2H3,(H2,13,17). The second-order valence-electron chi connectivity index (χ2n) is 3.80. The first kappa shape index (κ1) is 13.9. The van der Waals surface area contributed by atoms with Crippen molar-refractivity contribution in [1.29, 1.82) is 0 Å². The van der Waals surface area contributed by atoms with E-state index in [2.05, 4.69) is 4.98 Å². The first-order valence-corrected chi connectivity index (χ1v) is 5.87. The Labute approximate surface area is 111 Å². The molecule has 6 heteroatoms. The third-order valence-electron chi connectivity index (χ3n) is 2.42. The predicted molar refractivity (Wildman–Crippen MR) is 72.2 cm³/mol. The minimum atomic E-state index is -0.176. The molecule has 1 aromatic heterocycles. The second-order valence-corrected chi connectivity index (χ2v) is 4.76. The van der Waals surface area contributed by atoms with Crippen LogP contribution in [-0.2, 0) is 0 Å². The number of hydrogen-bond acceptors (Lipinski definition) is 3. The van der Waals surface area contributed by atoms with Gasteiger partial charge in [0.05, 0.1) is 10.0 Å². The van der Waals surface area contributed by atoms with Crippen LogP contribution in [-0.4, -0.2) is 33.9 Å². The number of halogens is 1. The zero-order valence-electron chi connectivity index (χ0n) is 9.68. The van der Waals surface area contributed by atoms with E-state index in [1.54, 1.807) is 24.1 Å². The Morgan fingerprint density at radius 3 is 2.76 bits per heavy atom. The number of nitrogens with two attached hydrogens (primary N) is 1. The molecular weight excluding hydrogens is 258 g/mol. The van der Waals surface area contributed by atoms with Crippen molar-refractivity contribution in [2.24, 2.45) is 5.73 Å². The predicted octanol–water partition coefficient (Wildman–Crippen LogP) is 1.87. The van der Waals surface area contributed by atoms with E-state index in [1.165, 1.54) is 6.20 Å². The monoisotopic (exact) mass is 271 g/mol. The molecule has 0 aliphatic carbocycles. The number of carbonyl (C=O) groups is 1. The Kier molecular flexibility index (Phi) is 4.84. The van der Waals surface area contributed by atoms with Gasteiger partial charge in [-0.15, -0.1) is 0 Å². The highest BCUT2D eigenvalue weighted by Crippen LogP contribution is 2.10. The fraction of sp³-hybridized carbons (Fsp3) is 0.364. The summed E-state index contributed by atoms with van der Waals surface area (Å²) < 4.78 is 0. The molecule has 0 fully saturated rings. The molecule has 0 radical (unpaired) electrons. The van der Waals surface area contributed by atoms with Crippen LogP contribution < -0.4 is 5.73 Å². The molecular formula is C11H14ClN3OS. The Bertz CT molecular complexity index is 421. The fourth-order valence-electron chi connectivity index (χ4n) is 1.31. The highest BCUT2D eigenvalue weighted by molar-refractivity contribution is 7.80.